The van der Waals surface area contributed by atoms with E-state index in [4.69, 9.17) is 5.73 Å². The van der Waals surface area contributed by atoms with Crippen molar-refractivity contribution in [1.29, 1.82) is 0 Å². The molecule has 3 nitrogen and oxygen atoms in total. The molecule has 2 atom stereocenters. The van der Waals surface area contributed by atoms with Crippen LogP contribution in [0.4, 0.5) is 22.0 Å². The molecule has 3 rings (SSSR count). The van der Waals surface area contributed by atoms with E-state index in [1.807, 2.05) is 13.8 Å². The monoisotopic (exact) mass is 454 g/mol. The third-order valence-electron chi connectivity index (χ3n) is 6.26. The minimum atomic E-state index is -3.29. The summed E-state index contributed by atoms with van der Waals surface area (Å²) in [6, 6.07) is 7.08. The normalized spacial score (nSPS) is 20.4. The van der Waals surface area contributed by atoms with Crippen molar-refractivity contribution >= 4 is 5.91 Å². The molecule has 0 radical (unpaired) electrons. The SMILES string of the molecule is CCC(CC)C(=O)N1CC(F)(F)C(N)C1Cc1cccc(-c2cccc(C(F)F)c2)c1F. The van der Waals surface area contributed by atoms with Crippen molar-refractivity contribution < 1.29 is 26.7 Å². The number of amides is 1. The van der Waals surface area contributed by atoms with Crippen molar-refractivity contribution in [3.05, 3.63) is 59.4 Å². The Morgan fingerprint density at radius 2 is 1.81 bits per heavy atom. The summed E-state index contributed by atoms with van der Waals surface area (Å²) in [6.45, 7) is 2.82. The van der Waals surface area contributed by atoms with Crippen LogP contribution in [0.2, 0.25) is 0 Å². The predicted molar refractivity (Wildman–Crippen MR) is 113 cm³/mol. The summed E-state index contributed by atoms with van der Waals surface area (Å²) in [5.41, 5.74) is 6.02. The number of rotatable bonds is 7. The van der Waals surface area contributed by atoms with Gasteiger partial charge >= 0.3 is 0 Å². The maximum Gasteiger partial charge on any atom is 0.282 e. The minimum Gasteiger partial charge on any atom is -0.331 e. The highest BCUT2D eigenvalue weighted by molar-refractivity contribution is 5.80. The van der Waals surface area contributed by atoms with Gasteiger partial charge in [0.05, 0.1) is 18.6 Å². The van der Waals surface area contributed by atoms with Crippen LogP contribution < -0.4 is 5.73 Å². The highest BCUT2D eigenvalue weighted by atomic mass is 19.3. The Morgan fingerprint density at radius 1 is 1.16 bits per heavy atom. The third kappa shape index (κ3) is 4.65. The molecule has 0 bridgehead atoms. The van der Waals surface area contributed by atoms with Crippen LogP contribution in [0.15, 0.2) is 42.5 Å². The van der Waals surface area contributed by atoms with Gasteiger partial charge in [-0.1, -0.05) is 50.2 Å². The van der Waals surface area contributed by atoms with E-state index in [2.05, 4.69) is 0 Å². The number of hydrogen-bond acceptors (Lipinski definition) is 2. The summed E-state index contributed by atoms with van der Waals surface area (Å²) in [4.78, 5) is 14.0. The number of carbonyl (C=O) groups excluding carboxylic acids is 1. The maximum atomic E-state index is 15.4. The van der Waals surface area contributed by atoms with Crippen LogP contribution in [-0.4, -0.2) is 35.4 Å². The van der Waals surface area contributed by atoms with Crippen molar-refractivity contribution in [2.45, 2.75) is 57.5 Å². The Balaban J connectivity index is 1.95. The molecule has 1 heterocycles. The molecule has 0 aromatic heterocycles. The predicted octanol–water partition coefficient (Wildman–Crippen LogP) is 5.58. The molecule has 1 saturated heterocycles. The highest BCUT2D eigenvalue weighted by Gasteiger charge is 2.54. The van der Waals surface area contributed by atoms with Crippen molar-refractivity contribution in [3.8, 4) is 11.1 Å². The van der Waals surface area contributed by atoms with Gasteiger partial charge in [0.25, 0.3) is 12.3 Å². The molecular formula is C24H27F5N2O. The Labute approximate surface area is 184 Å². The van der Waals surface area contributed by atoms with E-state index >= 15 is 4.39 Å². The number of nitrogens with zero attached hydrogens (tertiary/aromatic N) is 1. The van der Waals surface area contributed by atoms with Gasteiger partial charge in [-0.2, -0.15) is 0 Å². The van der Waals surface area contributed by atoms with Crippen LogP contribution >= 0.6 is 0 Å². The number of nitrogens with two attached hydrogens (primary N) is 1. The summed E-state index contributed by atoms with van der Waals surface area (Å²) in [5.74, 6) is -4.80. The van der Waals surface area contributed by atoms with Gasteiger partial charge in [-0.3, -0.25) is 4.79 Å². The smallest absolute Gasteiger partial charge is 0.282 e. The van der Waals surface area contributed by atoms with E-state index in [9.17, 15) is 22.4 Å². The van der Waals surface area contributed by atoms with Crippen molar-refractivity contribution in [2.75, 3.05) is 6.54 Å². The quantitative estimate of drug-likeness (QED) is 0.555. The summed E-state index contributed by atoms with van der Waals surface area (Å²) >= 11 is 0. The molecule has 1 aliphatic heterocycles. The van der Waals surface area contributed by atoms with Crippen LogP contribution in [0.5, 0.6) is 0 Å². The molecule has 1 amide bonds. The van der Waals surface area contributed by atoms with Crippen molar-refractivity contribution in [2.24, 2.45) is 11.7 Å². The van der Waals surface area contributed by atoms with Crippen LogP contribution in [0.25, 0.3) is 11.1 Å². The van der Waals surface area contributed by atoms with Gasteiger partial charge < -0.3 is 10.6 Å². The molecule has 2 aromatic rings. The second-order valence-corrected chi connectivity index (χ2v) is 8.24. The number of halogens is 5. The number of alkyl halides is 4. The van der Waals surface area contributed by atoms with E-state index in [1.54, 1.807) is 0 Å². The summed E-state index contributed by atoms with van der Waals surface area (Å²) in [6.07, 6.45) is -1.89. The molecule has 1 aliphatic rings. The maximum absolute atomic E-state index is 15.4. The zero-order chi connectivity index (χ0) is 23.6. The largest absolute Gasteiger partial charge is 0.331 e. The third-order valence-corrected chi connectivity index (χ3v) is 6.26. The van der Waals surface area contributed by atoms with E-state index < -0.39 is 48.6 Å². The number of benzene rings is 2. The highest BCUT2D eigenvalue weighted by Crippen LogP contribution is 2.36. The average Bonchev–Trinajstić information content (AvgIpc) is 2.99. The van der Waals surface area contributed by atoms with Gasteiger partial charge in [-0.25, -0.2) is 22.0 Å². The van der Waals surface area contributed by atoms with Crippen LogP contribution in [0.3, 0.4) is 0 Å². The summed E-state index contributed by atoms with van der Waals surface area (Å²) < 4.78 is 70.4. The number of hydrogen-bond donors (Lipinski definition) is 1. The Kier molecular flexibility index (Phi) is 7.22. The lowest BCUT2D eigenvalue weighted by atomic mass is 9.94. The van der Waals surface area contributed by atoms with E-state index in [0.29, 0.717) is 12.8 Å². The summed E-state index contributed by atoms with van der Waals surface area (Å²) in [7, 11) is 0. The second kappa shape index (κ2) is 9.57. The standard InChI is InChI=1S/C24H27F5N2O/c1-3-14(4-2)23(32)31-13-24(28,29)21(30)19(31)12-16-8-6-10-18(20(16)25)15-7-5-9-17(11-15)22(26)27/h5-11,14,19,21-22H,3-4,12-13,30H2,1-2H3. The van der Waals surface area contributed by atoms with Gasteiger partial charge in [-0.15, -0.1) is 0 Å². The second-order valence-electron chi connectivity index (χ2n) is 8.24. The van der Waals surface area contributed by atoms with E-state index in [0.717, 1.165) is 4.90 Å². The molecular weight excluding hydrogens is 427 g/mol. The zero-order valence-electron chi connectivity index (χ0n) is 18.0. The lowest BCUT2D eigenvalue weighted by Crippen LogP contribution is -2.48. The van der Waals surface area contributed by atoms with Crippen molar-refractivity contribution in [1.82, 2.24) is 4.90 Å². The molecule has 0 aliphatic carbocycles. The number of carbonyl (C=O) groups is 1. The van der Waals surface area contributed by atoms with Crippen molar-refractivity contribution in [3.63, 3.8) is 0 Å². The first-order valence-corrected chi connectivity index (χ1v) is 10.7. The fourth-order valence-electron chi connectivity index (χ4n) is 4.30. The fourth-order valence-corrected chi connectivity index (χ4v) is 4.30. The molecule has 8 heteroatoms. The van der Waals surface area contributed by atoms with E-state index in [1.165, 1.54) is 42.5 Å². The molecule has 0 spiro atoms. The van der Waals surface area contributed by atoms with Gasteiger partial charge in [0.1, 0.15) is 5.82 Å². The topological polar surface area (TPSA) is 46.3 Å². The molecule has 2 unspecified atom stereocenters. The van der Waals surface area contributed by atoms with Gasteiger partial charge in [0, 0.05) is 17.0 Å². The van der Waals surface area contributed by atoms with Crippen LogP contribution in [0.1, 0.15) is 44.2 Å². The van der Waals surface area contributed by atoms with Gasteiger partial charge in [0.15, 0.2) is 0 Å². The van der Waals surface area contributed by atoms with Gasteiger partial charge in [0.2, 0.25) is 5.91 Å². The zero-order valence-corrected chi connectivity index (χ0v) is 18.0. The molecule has 2 aromatic carbocycles. The van der Waals surface area contributed by atoms with Crippen LogP contribution in [-0.2, 0) is 11.2 Å². The Morgan fingerprint density at radius 3 is 2.44 bits per heavy atom. The number of likely N-dealkylation sites (tertiary alicyclic amines) is 1. The minimum absolute atomic E-state index is 0.0844. The molecule has 2 N–H and O–H groups in total. The Bertz CT molecular complexity index is 961. The molecule has 0 saturated carbocycles. The lowest BCUT2D eigenvalue weighted by molar-refractivity contribution is -0.137. The first-order valence-electron chi connectivity index (χ1n) is 10.7. The van der Waals surface area contributed by atoms with Crippen LogP contribution in [0, 0.1) is 11.7 Å². The molecule has 32 heavy (non-hydrogen) atoms. The first-order chi connectivity index (χ1) is 15.1. The average molecular weight is 454 g/mol. The van der Waals surface area contributed by atoms with Gasteiger partial charge in [-0.05, 0) is 36.5 Å². The lowest BCUT2D eigenvalue weighted by Gasteiger charge is -2.29. The Hall–Kier alpha value is -2.48. The first kappa shape index (κ1) is 24.2. The fraction of sp³-hybridized carbons (Fsp3) is 0.458. The van der Waals surface area contributed by atoms with E-state index in [-0.39, 0.29) is 28.7 Å². The summed E-state index contributed by atoms with van der Waals surface area (Å²) in [5, 5.41) is 0. The molecule has 174 valence electrons. The molecule has 1 fully saturated rings.